The van der Waals surface area contributed by atoms with Gasteiger partial charge >= 0.3 is 6.16 Å². The number of benzene rings is 2. The average Bonchev–Trinajstić information content (AvgIpc) is 2.94. The van der Waals surface area contributed by atoms with Gasteiger partial charge < -0.3 is 24.1 Å². The van der Waals surface area contributed by atoms with Crippen molar-refractivity contribution in [3.05, 3.63) is 47.0 Å². The van der Waals surface area contributed by atoms with E-state index in [9.17, 15) is 9.90 Å². The normalized spacial score (nSPS) is 11.1. The van der Waals surface area contributed by atoms with Gasteiger partial charge in [0.2, 0.25) is 0 Å². The first-order chi connectivity index (χ1) is 12.3. The van der Waals surface area contributed by atoms with Crippen molar-refractivity contribution in [1.29, 1.82) is 0 Å². The van der Waals surface area contributed by atoms with E-state index in [1.54, 1.807) is 18.2 Å². The zero-order valence-corrected chi connectivity index (χ0v) is 15.0. The molecule has 0 aliphatic rings. The summed E-state index contributed by atoms with van der Waals surface area (Å²) in [6.07, 6.45) is -1.43. The second-order valence-corrected chi connectivity index (χ2v) is 6.47. The van der Waals surface area contributed by atoms with Gasteiger partial charge in [0.1, 0.15) is 22.8 Å². The van der Waals surface area contributed by atoms with Gasteiger partial charge in [-0.2, -0.15) is 0 Å². The third-order valence-electron chi connectivity index (χ3n) is 4.22. The van der Waals surface area contributed by atoms with Crippen molar-refractivity contribution < 1.29 is 28.9 Å². The molecule has 1 heterocycles. The number of phenols is 1. The molecule has 0 bridgehead atoms. The number of furan rings is 1. The van der Waals surface area contributed by atoms with Gasteiger partial charge in [0.25, 0.3) is 5.95 Å². The number of phenolic OH excluding ortho intramolecular Hbond substituents is 1. The summed E-state index contributed by atoms with van der Waals surface area (Å²) in [4.78, 5) is 10.7. The number of ether oxygens (including phenoxy) is 2. The first-order valence-corrected chi connectivity index (χ1v) is 8.21. The Morgan fingerprint density at radius 2 is 1.88 bits per heavy atom. The first kappa shape index (κ1) is 17.7. The van der Waals surface area contributed by atoms with Crippen LogP contribution >= 0.6 is 0 Å². The van der Waals surface area contributed by atoms with Crippen molar-refractivity contribution in [2.45, 2.75) is 33.6 Å². The van der Waals surface area contributed by atoms with E-state index in [0.29, 0.717) is 22.5 Å². The minimum absolute atomic E-state index is 0.0844. The third kappa shape index (κ3) is 3.31. The standard InChI is InChI=1S/C20H20O6/c1-10(2)14-8-13(5-6-16(14)21)24-19-11(3)7-17-15(12(19)4)9-18(25-17)26-20(22)23/h5-10,21H,1-4H3,(H,22,23). The van der Waals surface area contributed by atoms with Crippen molar-refractivity contribution in [2.75, 3.05) is 0 Å². The van der Waals surface area contributed by atoms with Gasteiger partial charge in [-0.1, -0.05) is 13.8 Å². The highest BCUT2D eigenvalue weighted by Gasteiger charge is 2.17. The van der Waals surface area contributed by atoms with E-state index in [2.05, 4.69) is 4.74 Å². The van der Waals surface area contributed by atoms with Gasteiger partial charge in [0.05, 0.1) is 0 Å². The summed E-state index contributed by atoms with van der Waals surface area (Å²) in [5, 5.41) is 19.4. The van der Waals surface area contributed by atoms with Gasteiger partial charge in [0, 0.05) is 22.6 Å². The molecule has 0 saturated carbocycles. The Kier molecular flexibility index (Phi) is 4.50. The summed E-state index contributed by atoms with van der Waals surface area (Å²) >= 11 is 0. The molecular formula is C20H20O6. The molecule has 6 nitrogen and oxygen atoms in total. The number of hydrogen-bond donors (Lipinski definition) is 2. The summed E-state index contributed by atoms with van der Waals surface area (Å²) in [7, 11) is 0. The zero-order valence-electron chi connectivity index (χ0n) is 15.0. The lowest BCUT2D eigenvalue weighted by Crippen LogP contribution is -2.01. The molecule has 136 valence electrons. The fourth-order valence-corrected chi connectivity index (χ4v) is 2.93. The Morgan fingerprint density at radius 3 is 2.54 bits per heavy atom. The predicted octanol–water partition coefficient (Wildman–Crippen LogP) is 5.73. The van der Waals surface area contributed by atoms with Crippen LogP contribution in [0.2, 0.25) is 0 Å². The maximum atomic E-state index is 10.7. The monoisotopic (exact) mass is 356 g/mol. The van der Waals surface area contributed by atoms with Crippen LogP contribution < -0.4 is 9.47 Å². The van der Waals surface area contributed by atoms with E-state index in [1.165, 1.54) is 6.07 Å². The SMILES string of the molecule is Cc1cc2oc(OC(=O)O)cc2c(C)c1Oc1ccc(O)c(C(C)C)c1. The van der Waals surface area contributed by atoms with E-state index < -0.39 is 6.16 Å². The summed E-state index contributed by atoms with van der Waals surface area (Å²) < 4.78 is 16.1. The lowest BCUT2D eigenvalue weighted by Gasteiger charge is -2.15. The van der Waals surface area contributed by atoms with E-state index >= 15 is 0 Å². The minimum Gasteiger partial charge on any atom is -0.508 e. The summed E-state index contributed by atoms with van der Waals surface area (Å²) in [5.74, 6) is 1.58. The van der Waals surface area contributed by atoms with Crippen molar-refractivity contribution in [3.63, 3.8) is 0 Å². The van der Waals surface area contributed by atoms with E-state index in [-0.39, 0.29) is 17.6 Å². The summed E-state index contributed by atoms with van der Waals surface area (Å²) in [6, 6.07) is 8.44. The number of carboxylic acid groups (broad SMARTS) is 1. The molecule has 2 N–H and O–H groups in total. The topological polar surface area (TPSA) is 89.1 Å². The fourth-order valence-electron chi connectivity index (χ4n) is 2.93. The molecule has 0 fully saturated rings. The van der Waals surface area contributed by atoms with Crippen LogP contribution in [0.25, 0.3) is 11.0 Å². The van der Waals surface area contributed by atoms with Gasteiger partial charge in [0.15, 0.2) is 0 Å². The molecule has 0 radical (unpaired) electrons. The van der Waals surface area contributed by atoms with Gasteiger partial charge in [-0.3, -0.25) is 0 Å². The molecule has 0 atom stereocenters. The zero-order chi connectivity index (χ0) is 19.0. The molecule has 0 aliphatic carbocycles. The molecule has 26 heavy (non-hydrogen) atoms. The van der Waals surface area contributed by atoms with Crippen molar-refractivity contribution in [3.8, 4) is 23.2 Å². The summed E-state index contributed by atoms with van der Waals surface area (Å²) in [5.41, 5.74) is 2.98. The largest absolute Gasteiger partial charge is 0.513 e. The molecule has 0 spiro atoms. The third-order valence-corrected chi connectivity index (χ3v) is 4.22. The maximum absolute atomic E-state index is 10.7. The molecule has 0 amide bonds. The lowest BCUT2D eigenvalue weighted by molar-refractivity contribution is 0.134. The Bertz CT molecular complexity index is 984. The van der Waals surface area contributed by atoms with Crippen LogP contribution in [-0.4, -0.2) is 16.4 Å². The molecular weight excluding hydrogens is 336 g/mol. The van der Waals surface area contributed by atoms with E-state index in [1.807, 2.05) is 33.8 Å². The lowest BCUT2D eigenvalue weighted by atomic mass is 10.0. The number of carbonyl (C=O) groups is 1. The minimum atomic E-state index is -1.43. The van der Waals surface area contributed by atoms with Crippen molar-refractivity contribution in [2.24, 2.45) is 0 Å². The average molecular weight is 356 g/mol. The molecule has 0 aliphatic heterocycles. The van der Waals surface area contributed by atoms with Crippen LogP contribution in [0.4, 0.5) is 4.79 Å². The van der Waals surface area contributed by atoms with Gasteiger partial charge in [-0.15, -0.1) is 0 Å². The summed E-state index contributed by atoms with van der Waals surface area (Å²) in [6.45, 7) is 7.74. The van der Waals surface area contributed by atoms with Crippen LogP contribution in [0.3, 0.4) is 0 Å². The molecule has 3 aromatic rings. The van der Waals surface area contributed by atoms with Crippen molar-refractivity contribution >= 4 is 17.1 Å². The second kappa shape index (κ2) is 6.63. The molecule has 2 aromatic carbocycles. The second-order valence-electron chi connectivity index (χ2n) is 6.47. The molecule has 0 saturated heterocycles. The molecule has 3 rings (SSSR count). The van der Waals surface area contributed by atoms with Crippen LogP contribution in [0.1, 0.15) is 36.5 Å². The quantitative estimate of drug-likeness (QED) is 0.581. The van der Waals surface area contributed by atoms with Crippen LogP contribution in [0.5, 0.6) is 23.2 Å². The molecule has 1 aromatic heterocycles. The van der Waals surface area contributed by atoms with Gasteiger partial charge in [-0.25, -0.2) is 4.79 Å². The Morgan fingerprint density at radius 1 is 1.15 bits per heavy atom. The van der Waals surface area contributed by atoms with Crippen LogP contribution in [0, 0.1) is 13.8 Å². The first-order valence-electron chi connectivity index (χ1n) is 8.21. The smallest absolute Gasteiger partial charge is 0.508 e. The van der Waals surface area contributed by atoms with Crippen molar-refractivity contribution in [1.82, 2.24) is 0 Å². The molecule has 0 unspecified atom stereocenters. The number of fused-ring (bicyclic) bond motifs is 1. The van der Waals surface area contributed by atoms with Crippen LogP contribution in [-0.2, 0) is 0 Å². The highest BCUT2D eigenvalue weighted by Crippen LogP contribution is 2.39. The predicted molar refractivity (Wildman–Crippen MR) is 96.6 cm³/mol. The van der Waals surface area contributed by atoms with E-state index in [0.717, 1.165) is 16.7 Å². The number of rotatable bonds is 4. The highest BCUT2D eigenvalue weighted by molar-refractivity contribution is 5.86. The number of hydrogen-bond acceptors (Lipinski definition) is 5. The Labute approximate surface area is 150 Å². The Balaban J connectivity index is 2.02. The maximum Gasteiger partial charge on any atom is 0.513 e. The van der Waals surface area contributed by atoms with Crippen LogP contribution in [0.15, 0.2) is 34.7 Å². The fraction of sp³-hybridized carbons (Fsp3) is 0.250. The number of aromatic hydroxyl groups is 1. The molecule has 6 heteroatoms. The van der Waals surface area contributed by atoms with Gasteiger partial charge in [-0.05, 0) is 49.6 Å². The Hall–Kier alpha value is -3.15. The highest BCUT2D eigenvalue weighted by atomic mass is 16.7. The number of aryl methyl sites for hydroxylation is 2. The van der Waals surface area contributed by atoms with E-state index in [4.69, 9.17) is 14.3 Å².